The van der Waals surface area contributed by atoms with Crippen molar-refractivity contribution in [3.8, 4) is 0 Å². The van der Waals surface area contributed by atoms with Crippen molar-refractivity contribution in [2.24, 2.45) is 11.7 Å². The number of carbonyl (C=O) groups excluding carboxylic acids is 3. The molecule has 0 radical (unpaired) electrons. The van der Waals surface area contributed by atoms with E-state index in [1.54, 1.807) is 17.0 Å². The van der Waals surface area contributed by atoms with Crippen LogP contribution in [0, 0.1) is 5.92 Å². The van der Waals surface area contributed by atoms with Gasteiger partial charge in [-0.15, -0.1) is 12.4 Å². The molecular weight excluding hydrogens is 330 g/mol. The summed E-state index contributed by atoms with van der Waals surface area (Å²) >= 11 is 0. The number of halogens is 1. The predicted molar refractivity (Wildman–Crippen MR) is 91.8 cm³/mol. The molecule has 3 rings (SSSR count). The molecule has 6 nitrogen and oxygen atoms in total. The number of hydrogen-bond acceptors (Lipinski definition) is 4. The van der Waals surface area contributed by atoms with E-state index in [1.165, 1.54) is 0 Å². The molecule has 0 spiro atoms. The summed E-state index contributed by atoms with van der Waals surface area (Å²) in [5.74, 6) is -0.727. The Morgan fingerprint density at radius 3 is 2.54 bits per heavy atom. The quantitative estimate of drug-likeness (QED) is 0.790. The van der Waals surface area contributed by atoms with Crippen LogP contribution in [0.3, 0.4) is 0 Å². The first-order chi connectivity index (χ1) is 11.0. The summed E-state index contributed by atoms with van der Waals surface area (Å²) in [6.45, 7) is 1.35. The Hall–Kier alpha value is -1.92. The SMILES string of the molecule is Cl.NC1CCCN(C(=O)c2ccc(CC3CC(=O)NC3=O)cc2)C1. The van der Waals surface area contributed by atoms with Crippen LogP contribution in [0.15, 0.2) is 24.3 Å². The maximum Gasteiger partial charge on any atom is 0.253 e. The minimum atomic E-state index is -0.302. The number of hydrogen-bond donors (Lipinski definition) is 2. The molecule has 0 aromatic heterocycles. The minimum absolute atomic E-state index is 0. The van der Waals surface area contributed by atoms with E-state index in [1.807, 2.05) is 12.1 Å². The molecule has 130 valence electrons. The fourth-order valence-corrected chi connectivity index (χ4v) is 3.22. The van der Waals surface area contributed by atoms with Gasteiger partial charge in [-0.1, -0.05) is 12.1 Å². The van der Waals surface area contributed by atoms with Gasteiger partial charge in [-0.2, -0.15) is 0 Å². The van der Waals surface area contributed by atoms with Gasteiger partial charge >= 0.3 is 0 Å². The van der Waals surface area contributed by atoms with Crippen LogP contribution in [-0.4, -0.2) is 41.8 Å². The molecule has 0 aliphatic carbocycles. The van der Waals surface area contributed by atoms with Crippen molar-refractivity contribution in [2.75, 3.05) is 13.1 Å². The number of imide groups is 1. The lowest BCUT2D eigenvalue weighted by molar-refractivity contribution is -0.125. The largest absolute Gasteiger partial charge is 0.337 e. The lowest BCUT2D eigenvalue weighted by Gasteiger charge is -2.30. The van der Waals surface area contributed by atoms with Gasteiger partial charge in [0.25, 0.3) is 5.91 Å². The van der Waals surface area contributed by atoms with Crippen molar-refractivity contribution in [1.82, 2.24) is 10.2 Å². The van der Waals surface area contributed by atoms with Crippen molar-refractivity contribution in [3.63, 3.8) is 0 Å². The molecule has 1 aromatic carbocycles. The van der Waals surface area contributed by atoms with Crippen LogP contribution in [0.5, 0.6) is 0 Å². The van der Waals surface area contributed by atoms with Gasteiger partial charge < -0.3 is 10.6 Å². The van der Waals surface area contributed by atoms with Crippen molar-refractivity contribution in [3.05, 3.63) is 35.4 Å². The molecule has 0 saturated carbocycles. The minimum Gasteiger partial charge on any atom is -0.337 e. The molecule has 2 saturated heterocycles. The number of carbonyl (C=O) groups is 3. The smallest absolute Gasteiger partial charge is 0.253 e. The van der Waals surface area contributed by atoms with Crippen LogP contribution in [-0.2, 0) is 16.0 Å². The van der Waals surface area contributed by atoms with E-state index in [9.17, 15) is 14.4 Å². The molecule has 3 N–H and O–H groups in total. The van der Waals surface area contributed by atoms with Crippen molar-refractivity contribution < 1.29 is 14.4 Å². The third kappa shape index (κ3) is 4.13. The highest BCUT2D eigenvalue weighted by Gasteiger charge is 2.30. The maximum absolute atomic E-state index is 12.5. The maximum atomic E-state index is 12.5. The number of likely N-dealkylation sites (tertiary alicyclic amines) is 1. The number of nitrogens with two attached hydrogens (primary N) is 1. The molecular formula is C17H22ClN3O3. The van der Waals surface area contributed by atoms with Gasteiger partial charge in [-0.05, 0) is 37.0 Å². The summed E-state index contributed by atoms with van der Waals surface area (Å²) < 4.78 is 0. The monoisotopic (exact) mass is 351 g/mol. The van der Waals surface area contributed by atoms with Gasteiger partial charge in [0.1, 0.15) is 0 Å². The van der Waals surface area contributed by atoms with Gasteiger partial charge in [0.2, 0.25) is 11.8 Å². The Labute approximate surface area is 147 Å². The Morgan fingerprint density at radius 2 is 1.96 bits per heavy atom. The van der Waals surface area contributed by atoms with E-state index in [0.717, 1.165) is 24.9 Å². The second-order valence-electron chi connectivity index (χ2n) is 6.37. The standard InChI is InChI=1S/C17H21N3O3.ClH/c18-14-2-1-7-20(10-14)17(23)12-5-3-11(4-6-12)8-13-9-15(21)19-16(13)22;/h3-6,13-14H,1-2,7-10,18H2,(H,19,21,22);1H. The molecule has 3 amide bonds. The molecule has 2 unspecified atom stereocenters. The van der Waals surface area contributed by atoms with Gasteiger partial charge in [0.05, 0.1) is 5.92 Å². The zero-order chi connectivity index (χ0) is 16.4. The molecule has 2 fully saturated rings. The van der Waals surface area contributed by atoms with E-state index < -0.39 is 0 Å². The lowest BCUT2D eigenvalue weighted by atomic mass is 9.97. The van der Waals surface area contributed by atoms with Crippen molar-refractivity contribution >= 4 is 30.1 Å². The first kappa shape index (κ1) is 18.4. The van der Waals surface area contributed by atoms with E-state index in [0.29, 0.717) is 18.5 Å². The highest BCUT2D eigenvalue weighted by atomic mass is 35.5. The zero-order valence-corrected chi connectivity index (χ0v) is 14.2. The third-order valence-electron chi connectivity index (χ3n) is 4.49. The molecule has 24 heavy (non-hydrogen) atoms. The third-order valence-corrected chi connectivity index (χ3v) is 4.49. The molecule has 1 aromatic rings. The van der Waals surface area contributed by atoms with E-state index in [4.69, 9.17) is 5.73 Å². The van der Waals surface area contributed by atoms with E-state index in [2.05, 4.69) is 5.32 Å². The summed E-state index contributed by atoms with van der Waals surface area (Å²) in [5.41, 5.74) is 7.51. The fourth-order valence-electron chi connectivity index (χ4n) is 3.22. The van der Waals surface area contributed by atoms with E-state index in [-0.39, 0.29) is 48.5 Å². The molecule has 2 atom stereocenters. The lowest BCUT2D eigenvalue weighted by Crippen LogP contribution is -2.45. The average molecular weight is 352 g/mol. The van der Waals surface area contributed by atoms with Gasteiger partial charge in [-0.25, -0.2) is 0 Å². The summed E-state index contributed by atoms with van der Waals surface area (Å²) in [6.07, 6.45) is 2.66. The van der Waals surface area contributed by atoms with Crippen LogP contribution in [0.4, 0.5) is 0 Å². The summed E-state index contributed by atoms with van der Waals surface area (Å²) in [5, 5.41) is 2.31. The van der Waals surface area contributed by atoms with Gasteiger partial charge in [0.15, 0.2) is 0 Å². The zero-order valence-electron chi connectivity index (χ0n) is 13.4. The van der Waals surface area contributed by atoms with Crippen LogP contribution in [0.2, 0.25) is 0 Å². The van der Waals surface area contributed by atoms with Gasteiger partial charge in [-0.3, -0.25) is 19.7 Å². The average Bonchev–Trinajstić information content (AvgIpc) is 2.85. The number of rotatable bonds is 3. The normalized spacial score (nSPS) is 23.6. The molecule has 2 aliphatic heterocycles. The van der Waals surface area contributed by atoms with Crippen LogP contribution in [0.1, 0.15) is 35.2 Å². The van der Waals surface area contributed by atoms with Crippen molar-refractivity contribution in [1.29, 1.82) is 0 Å². The summed E-state index contributed by atoms with van der Waals surface area (Å²) in [6, 6.07) is 7.34. The fraction of sp³-hybridized carbons (Fsp3) is 0.471. The molecule has 0 bridgehead atoms. The Morgan fingerprint density at radius 1 is 1.25 bits per heavy atom. The second-order valence-corrected chi connectivity index (χ2v) is 6.37. The summed E-state index contributed by atoms with van der Waals surface area (Å²) in [4.78, 5) is 37.1. The molecule has 2 heterocycles. The predicted octanol–water partition coefficient (Wildman–Crippen LogP) is 0.877. The highest BCUT2D eigenvalue weighted by molar-refractivity contribution is 6.03. The first-order valence-electron chi connectivity index (χ1n) is 8.00. The second kappa shape index (κ2) is 7.77. The van der Waals surface area contributed by atoms with E-state index >= 15 is 0 Å². The number of benzene rings is 1. The molecule has 2 aliphatic rings. The number of piperidine rings is 1. The number of amides is 3. The highest BCUT2D eigenvalue weighted by Crippen LogP contribution is 2.19. The number of nitrogens with zero attached hydrogens (tertiary/aromatic N) is 1. The summed E-state index contributed by atoms with van der Waals surface area (Å²) in [7, 11) is 0. The first-order valence-corrected chi connectivity index (χ1v) is 8.00. The Kier molecular flexibility index (Phi) is 5.96. The molecule has 7 heteroatoms. The topological polar surface area (TPSA) is 92.5 Å². The van der Waals surface area contributed by atoms with Crippen LogP contribution in [0.25, 0.3) is 0 Å². The Bertz CT molecular complexity index is 632. The van der Waals surface area contributed by atoms with Crippen molar-refractivity contribution in [2.45, 2.75) is 31.7 Å². The Balaban J connectivity index is 0.00000208. The van der Waals surface area contributed by atoms with Gasteiger partial charge in [0, 0.05) is 31.1 Å². The number of nitrogens with one attached hydrogen (secondary N) is 1. The van der Waals surface area contributed by atoms with Crippen LogP contribution < -0.4 is 11.1 Å². The van der Waals surface area contributed by atoms with Crippen LogP contribution >= 0.6 is 12.4 Å².